The van der Waals surface area contributed by atoms with E-state index in [1.54, 1.807) is 11.3 Å². The molecule has 0 bridgehead atoms. The molecule has 1 unspecified atom stereocenters. The summed E-state index contributed by atoms with van der Waals surface area (Å²) in [6.07, 6.45) is 4.98. The smallest absolute Gasteiger partial charge is 0.141 e. The summed E-state index contributed by atoms with van der Waals surface area (Å²) in [4.78, 5) is 15.8. The van der Waals surface area contributed by atoms with Gasteiger partial charge in [-0.15, -0.1) is 11.3 Å². The van der Waals surface area contributed by atoms with Gasteiger partial charge in [-0.05, 0) is 49.7 Å². The molecule has 2 aromatic heterocycles. The first-order valence-corrected chi connectivity index (χ1v) is 9.43. The highest BCUT2D eigenvalue weighted by atomic mass is 32.1. The minimum atomic E-state index is 0.798. The zero-order chi connectivity index (χ0) is 14.9. The van der Waals surface area contributed by atoms with Gasteiger partial charge in [0.25, 0.3) is 0 Å². The topological polar surface area (TPSA) is 32.3 Å². The molecule has 0 amide bonds. The van der Waals surface area contributed by atoms with Gasteiger partial charge in [0.15, 0.2) is 0 Å². The fourth-order valence-electron chi connectivity index (χ4n) is 3.79. The number of rotatable bonds is 4. The van der Waals surface area contributed by atoms with E-state index in [1.807, 2.05) is 0 Å². The van der Waals surface area contributed by atoms with Gasteiger partial charge in [-0.25, -0.2) is 9.97 Å². The summed E-state index contributed by atoms with van der Waals surface area (Å²) in [5.74, 6) is 2.95. The lowest BCUT2D eigenvalue weighted by atomic mass is 10.1. The lowest BCUT2D eigenvalue weighted by molar-refractivity contribution is 0.289. The molecule has 4 nitrogen and oxygen atoms in total. The summed E-state index contributed by atoms with van der Waals surface area (Å²) in [7, 11) is 0. The average molecular weight is 316 g/mol. The molecule has 1 atom stereocenters. The zero-order valence-electron chi connectivity index (χ0n) is 13.3. The third-order valence-electron chi connectivity index (χ3n) is 4.97. The van der Waals surface area contributed by atoms with E-state index in [1.165, 1.54) is 50.1 Å². The van der Waals surface area contributed by atoms with E-state index in [0.717, 1.165) is 36.1 Å². The van der Waals surface area contributed by atoms with Crippen molar-refractivity contribution in [2.75, 3.05) is 37.6 Å². The van der Waals surface area contributed by atoms with Gasteiger partial charge in [0.1, 0.15) is 16.5 Å². The Morgan fingerprint density at radius 3 is 2.91 bits per heavy atom. The van der Waals surface area contributed by atoms with Gasteiger partial charge in [0.05, 0.1) is 5.39 Å². The molecule has 2 aliphatic heterocycles. The second-order valence-corrected chi connectivity index (χ2v) is 7.46. The predicted molar refractivity (Wildman–Crippen MR) is 92.8 cm³/mol. The number of nitrogens with zero attached hydrogens (tertiary/aromatic N) is 4. The molecule has 22 heavy (non-hydrogen) atoms. The standard InChI is InChI=1S/C17H24N4S/c1-2-15-18-16(14-6-10-22-17(14)19-15)21-9-5-13(12-21)11-20-7-3-4-8-20/h6,10,13H,2-5,7-9,11-12H2,1H3. The quantitative estimate of drug-likeness (QED) is 0.867. The van der Waals surface area contributed by atoms with Crippen LogP contribution in [0.1, 0.15) is 32.0 Å². The highest BCUT2D eigenvalue weighted by Crippen LogP contribution is 2.31. The number of thiophene rings is 1. The van der Waals surface area contributed by atoms with Gasteiger partial charge in [-0.2, -0.15) is 0 Å². The number of hydrogen-bond acceptors (Lipinski definition) is 5. The van der Waals surface area contributed by atoms with Crippen LogP contribution in [0.15, 0.2) is 11.4 Å². The Hall–Kier alpha value is -1.20. The highest BCUT2D eigenvalue weighted by molar-refractivity contribution is 7.16. The van der Waals surface area contributed by atoms with Crippen LogP contribution in [0, 0.1) is 5.92 Å². The molecule has 2 saturated heterocycles. The molecule has 2 aromatic rings. The lowest BCUT2D eigenvalue weighted by Crippen LogP contribution is -2.29. The number of anilines is 1. The summed E-state index contributed by atoms with van der Waals surface area (Å²) in [6, 6.07) is 2.18. The third-order valence-corrected chi connectivity index (χ3v) is 5.77. The van der Waals surface area contributed by atoms with Crippen LogP contribution in [0.3, 0.4) is 0 Å². The predicted octanol–water partition coefficient (Wildman–Crippen LogP) is 3.18. The Labute approximate surface area is 136 Å². The fraction of sp³-hybridized carbons (Fsp3) is 0.647. The maximum Gasteiger partial charge on any atom is 0.141 e. The van der Waals surface area contributed by atoms with E-state index >= 15 is 0 Å². The van der Waals surface area contributed by atoms with Crippen molar-refractivity contribution < 1.29 is 0 Å². The van der Waals surface area contributed by atoms with Crippen LogP contribution in [-0.4, -0.2) is 47.6 Å². The Morgan fingerprint density at radius 1 is 1.23 bits per heavy atom. The molecule has 4 heterocycles. The third kappa shape index (κ3) is 2.72. The van der Waals surface area contributed by atoms with Crippen LogP contribution in [0.2, 0.25) is 0 Å². The molecule has 2 fully saturated rings. The number of likely N-dealkylation sites (tertiary alicyclic amines) is 1. The van der Waals surface area contributed by atoms with E-state index in [0.29, 0.717) is 0 Å². The summed E-state index contributed by atoms with van der Waals surface area (Å²) < 4.78 is 0. The van der Waals surface area contributed by atoms with Crippen molar-refractivity contribution in [2.45, 2.75) is 32.6 Å². The maximum absolute atomic E-state index is 4.85. The van der Waals surface area contributed by atoms with Gasteiger partial charge < -0.3 is 9.80 Å². The van der Waals surface area contributed by atoms with Crippen molar-refractivity contribution in [3.63, 3.8) is 0 Å². The van der Waals surface area contributed by atoms with Gasteiger partial charge >= 0.3 is 0 Å². The minimum absolute atomic E-state index is 0.798. The van der Waals surface area contributed by atoms with Crippen molar-refractivity contribution in [2.24, 2.45) is 5.92 Å². The van der Waals surface area contributed by atoms with E-state index in [-0.39, 0.29) is 0 Å². The van der Waals surface area contributed by atoms with Crippen LogP contribution < -0.4 is 4.90 Å². The number of hydrogen-bond donors (Lipinski definition) is 0. The molecule has 0 N–H and O–H groups in total. The summed E-state index contributed by atoms with van der Waals surface area (Å²) in [5.41, 5.74) is 0. The lowest BCUT2D eigenvalue weighted by Gasteiger charge is -2.21. The summed E-state index contributed by atoms with van der Waals surface area (Å²) in [5, 5.41) is 3.38. The number of fused-ring (bicyclic) bond motifs is 1. The van der Waals surface area contributed by atoms with Crippen LogP contribution in [0.5, 0.6) is 0 Å². The first-order chi connectivity index (χ1) is 10.8. The first-order valence-electron chi connectivity index (χ1n) is 8.55. The van der Waals surface area contributed by atoms with Gasteiger partial charge in [0.2, 0.25) is 0 Å². The normalized spacial score (nSPS) is 23.0. The molecule has 118 valence electrons. The fourth-order valence-corrected chi connectivity index (χ4v) is 4.56. The molecule has 0 aliphatic carbocycles. The van der Waals surface area contributed by atoms with Crippen molar-refractivity contribution in [3.8, 4) is 0 Å². The molecular weight excluding hydrogens is 292 g/mol. The van der Waals surface area contributed by atoms with Crippen molar-refractivity contribution in [1.82, 2.24) is 14.9 Å². The van der Waals surface area contributed by atoms with E-state index in [4.69, 9.17) is 4.98 Å². The van der Waals surface area contributed by atoms with Crippen LogP contribution in [0.25, 0.3) is 10.2 Å². The SMILES string of the molecule is CCc1nc(N2CCC(CN3CCCC3)C2)c2ccsc2n1. The molecule has 0 aromatic carbocycles. The second kappa shape index (κ2) is 6.13. The molecule has 0 radical (unpaired) electrons. The summed E-state index contributed by atoms with van der Waals surface area (Å²) in [6.45, 7) is 8.32. The van der Waals surface area contributed by atoms with Crippen LogP contribution in [-0.2, 0) is 6.42 Å². The Morgan fingerprint density at radius 2 is 2.09 bits per heavy atom. The van der Waals surface area contributed by atoms with Gasteiger partial charge in [0, 0.05) is 26.1 Å². The maximum atomic E-state index is 4.85. The highest BCUT2D eigenvalue weighted by Gasteiger charge is 2.27. The average Bonchev–Trinajstić information content (AvgIpc) is 3.27. The van der Waals surface area contributed by atoms with Gasteiger partial charge in [-0.1, -0.05) is 6.92 Å². The van der Waals surface area contributed by atoms with Crippen LogP contribution in [0.4, 0.5) is 5.82 Å². The Kier molecular flexibility index (Phi) is 4.01. The molecule has 0 spiro atoms. The molecule has 2 aliphatic rings. The largest absolute Gasteiger partial charge is 0.356 e. The number of aromatic nitrogens is 2. The van der Waals surface area contributed by atoms with E-state index < -0.39 is 0 Å². The van der Waals surface area contributed by atoms with Crippen molar-refractivity contribution in [1.29, 1.82) is 0 Å². The van der Waals surface area contributed by atoms with E-state index in [2.05, 4.69) is 33.2 Å². The zero-order valence-corrected chi connectivity index (χ0v) is 14.1. The first kappa shape index (κ1) is 14.4. The van der Waals surface area contributed by atoms with Crippen molar-refractivity contribution in [3.05, 3.63) is 17.3 Å². The van der Waals surface area contributed by atoms with E-state index in [9.17, 15) is 0 Å². The second-order valence-electron chi connectivity index (χ2n) is 6.56. The number of aryl methyl sites for hydroxylation is 1. The summed E-state index contributed by atoms with van der Waals surface area (Å²) >= 11 is 1.73. The molecule has 0 saturated carbocycles. The molecular formula is C17H24N4S. The van der Waals surface area contributed by atoms with Gasteiger partial charge in [-0.3, -0.25) is 0 Å². The minimum Gasteiger partial charge on any atom is -0.356 e. The molecule has 4 rings (SSSR count). The Bertz CT molecular complexity index is 647. The van der Waals surface area contributed by atoms with Crippen LogP contribution >= 0.6 is 11.3 Å². The monoisotopic (exact) mass is 316 g/mol. The Balaban J connectivity index is 1.53. The van der Waals surface area contributed by atoms with Crippen molar-refractivity contribution >= 4 is 27.4 Å². The molecule has 5 heteroatoms.